The van der Waals surface area contributed by atoms with Crippen molar-refractivity contribution in [2.45, 2.75) is 44.9 Å². The van der Waals surface area contributed by atoms with Crippen molar-refractivity contribution in [3.63, 3.8) is 0 Å². The van der Waals surface area contributed by atoms with Gasteiger partial charge in [-0.05, 0) is 48.7 Å². The summed E-state index contributed by atoms with van der Waals surface area (Å²) in [6.07, 6.45) is -2.02. The first kappa shape index (κ1) is 32.0. The number of hydrogen-bond acceptors (Lipinski definition) is 6. The summed E-state index contributed by atoms with van der Waals surface area (Å²) in [4.78, 5) is 42.7. The predicted octanol–water partition coefficient (Wildman–Crippen LogP) is 5.24. The molecule has 0 aliphatic heterocycles. The second-order valence-electron chi connectivity index (χ2n) is 10.2. The molecule has 3 N–H and O–H groups in total. The number of nitrogens with one attached hydrogen (secondary N) is 2. The van der Waals surface area contributed by atoms with Crippen molar-refractivity contribution in [3.05, 3.63) is 87.7 Å². The van der Waals surface area contributed by atoms with Gasteiger partial charge < -0.3 is 25.0 Å². The Morgan fingerprint density at radius 1 is 1.14 bits per heavy atom. The second kappa shape index (κ2) is 12.7. The van der Waals surface area contributed by atoms with Gasteiger partial charge in [0, 0.05) is 42.5 Å². The van der Waals surface area contributed by atoms with Crippen LogP contribution in [0.1, 0.15) is 34.8 Å². The van der Waals surface area contributed by atoms with Gasteiger partial charge in [-0.1, -0.05) is 25.1 Å². The van der Waals surface area contributed by atoms with Gasteiger partial charge in [0.05, 0.1) is 23.8 Å². The molecule has 2 heterocycles. The number of ether oxygens (including phenoxy) is 1. The molecular weight excluding hydrogens is 584 g/mol. The van der Waals surface area contributed by atoms with E-state index in [9.17, 15) is 32.7 Å². The average molecular weight is 615 g/mol. The van der Waals surface area contributed by atoms with Crippen molar-refractivity contribution in [3.8, 4) is 16.9 Å². The van der Waals surface area contributed by atoms with E-state index in [0.717, 1.165) is 6.07 Å². The van der Waals surface area contributed by atoms with Crippen molar-refractivity contribution in [2.75, 3.05) is 12.4 Å². The number of halogens is 4. The van der Waals surface area contributed by atoms with Crippen molar-refractivity contribution >= 4 is 28.5 Å². The van der Waals surface area contributed by atoms with E-state index in [1.54, 1.807) is 37.4 Å². The Kier molecular flexibility index (Phi) is 9.26. The minimum Gasteiger partial charge on any atom is -0.495 e. The molecule has 0 saturated heterocycles. The number of aryl methyl sites for hydroxylation is 2. The Hall–Kier alpha value is -4.94. The van der Waals surface area contributed by atoms with Crippen LogP contribution in [-0.2, 0) is 18.3 Å². The summed E-state index contributed by atoms with van der Waals surface area (Å²) >= 11 is 0. The number of hydrogen-bond donors (Lipinski definition) is 3. The van der Waals surface area contributed by atoms with Crippen LogP contribution in [0.2, 0.25) is 0 Å². The van der Waals surface area contributed by atoms with Crippen LogP contribution in [-0.4, -0.2) is 51.9 Å². The third kappa shape index (κ3) is 6.66. The molecule has 9 nitrogen and oxygen atoms in total. The van der Waals surface area contributed by atoms with E-state index in [-0.39, 0.29) is 29.7 Å². The lowest BCUT2D eigenvalue weighted by atomic mass is 9.95. The lowest BCUT2D eigenvalue weighted by Gasteiger charge is -2.22. The molecule has 2 atom stereocenters. The smallest absolute Gasteiger partial charge is 0.408 e. The minimum atomic E-state index is -4.56. The largest absolute Gasteiger partial charge is 0.495 e. The fraction of sp³-hybridized carbons (Fsp3) is 0.290. The van der Waals surface area contributed by atoms with Crippen molar-refractivity contribution in [2.24, 2.45) is 7.05 Å². The number of aliphatic carboxylic acids is 1. The number of amides is 1. The van der Waals surface area contributed by atoms with Gasteiger partial charge >= 0.3 is 12.1 Å². The number of nitrogens with zero attached hydrogens (tertiary/aromatic N) is 2. The SMILES string of the molecule is CC[C@@H](Nc1cc(C)c(C(=O)N[C@@H](Cc2ccc(-c3cc(OC)cn(C)c3=O)c3ncccc23)C(=O)O)c(F)c1)C(F)(F)F. The summed E-state index contributed by atoms with van der Waals surface area (Å²) in [5.74, 6) is -3.10. The number of rotatable bonds is 10. The number of alkyl halides is 3. The van der Waals surface area contributed by atoms with E-state index in [0.29, 0.717) is 33.3 Å². The molecule has 1 amide bonds. The number of fused-ring (bicyclic) bond motifs is 1. The molecule has 44 heavy (non-hydrogen) atoms. The number of carbonyl (C=O) groups is 2. The third-order valence-corrected chi connectivity index (χ3v) is 7.23. The van der Waals surface area contributed by atoms with Gasteiger partial charge in [0.25, 0.3) is 11.5 Å². The Bertz CT molecular complexity index is 1760. The summed E-state index contributed by atoms with van der Waals surface area (Å²) < 4.78 is 61.3. The molecule has 0 aliphatic carbocycles. The maximum Gasteiger partial charge on any atom is 0.408 e. The zero-order chi connectivity index (χ0) is 32.3. The second-order valence-corrected chi connectivity index (χ2v) is 10.2. The van der Waals surface area contributed by atoms with Crippen LogP contribution in [0.3, 0.4) is 0 Å². The average Bonchev–Trinajstić information content (AvgIpc) is 2.96. The summed E-state index contributed by atoms with van der Waals surface area (Å²) in [5.41, 5.74) is 0.766. The number of carbonyl (C=O) groups excluding carboxylic acids is 1. The molecule has 0 saturated carbocycles. The zero-order valence-corrected chi connectivity index (χ0v) is 24.3. The van der Waals surface area contributed by atoms with Gasteiger partial charge in [-0.3, -0.25) is 14.6 Å². The van der Waals surface area contributed by atoms with Crippen LogP contribution in [0.15, 0.2) is 59.7 Å². The molecule has 0 fully saturated rings. The number of aromatic nitrogens is 2. The van der Waals surface area contributed by atoms with E-state index in [4.69, 9.17) is 4.74 Å². The lowest BCUT2D eigenvalue weighted by Crippen LogP contribution is -2.43. The predicted molar refractivity (Wildman–Crippen MR) is 156 cm³/mol. The Labute approximate surface area is 249 Å². The number of anilines is 1. The number of methoxy groups -OCH3 is 1. The van der Waals surface area contributed by atoms with E-state index in [1.165, 1.54) is 44.0 Å². The lowest BCUT2D eigenvalue weighted by molar-refractivity contribution is -0.143. The van der Waals surface area contributed by atoms with Gasteiger partial charge in [-0.2, -0.15) is 13.2 Å². The molecule has 0 aliphatic rings. The first-order valence-corrected chi connectivity index (χ1v) is 13.5. The molecule has 13 heteroatoms. The maximum absolute atomic E-state index is 15.0. The van der Waals surface area contributed by atoms with Gasteiger partial charge in [0.2, 0.25) is 0 Å². The van der Waals surface area contributed by atoms with Gasteiger partial charge in [-0.15, -0.1) is 0 Å². The fourth-order valence-corrected chi connectivity index (χ4v) is 4.99. The van der Waals surface area contributed by atoms with E-state index in [1.807, 2.05) is 0 Å². The highest BCUT2D eigenvalue weighted by atomic mass is 19.4. The van der Waals surface area contributed by atoms with Crippen molar-refractivity contribution in [1.82, 2.24) is 14.9 Å². The maximum atomic E-state index is 15.0. The molecule has 0 spiro atoms. The quantitative estimate of drug-likeness (QED) is 0.209. The van der Waals surface area contributed by atoms with E-state index < -0.39 is 41.5 Å². The summed E-state index contributed by atoms with van der Waals surface area (Å²) in [6.45, 7) is 2.67. The number of pyridine rings is 2. The Morgan fingerprint density at radius 2 is 1.86 bits per heavy atom. The molecule has 0 bridgehead atoms. The van der Waals surface area contributed by atoms with Crippen molar-refractivity contribution in [1.29, 1.82) is 0 Å². The minimum absolute atomic E-state index is 0.0186. The summed E-state index contributed by atoms with van der Waals surface area (Å²) in [5, 5.41) is 15.0. The van der Waals surface area contributed by atoms with Crippen LogP contribution < -0.4 is 20.9 Å². The topological polar surface area (TPSA) is 123 Å². The zero-order valence-electron chi connectivity index (χ0n) is 24.3. The van der Waals surface area contributed by atoms with Crippen LogP contribution in [0.4, 0.5) is 23.2 Å². The summed E-state index contributed by atoms with van der Waals surface area (Å²) in [6, 6.07) is 6.72. The van der Waals surface area contributed by atoms with E-state index >= 15 is 4.39 Å². The van der Waals surface area contributed by atoms with Crippen molar-refractivity contribution < 1.29 is 37.0 Å². The first-order valence-electron chi connectivity index (χ1n) is 13.5. The standard InChI is InChI=1S/C31H30F4N4O5/c1-5-25(31(33,34)35)37-18-11-16(2)26(23(32)13-18)28(40)38-24(30(42)43)12-17-8-9-21(27-20(17)7-6-10-36-27)22-14-19(44-4)15-39(3)29(22)41/h6-11,13-15,24-25,37H,5,12H2,1-4H3,(H,38,40)(H,42,43)/t24-,25+/m0/s1. The molecule has 0 radical (unpaired) electrons. The summed E-state index contributed by atoms with van der Waals surface area (Å²) in [7, 11) is 3.05. The number of benzene rings is 2. The van der Waals surface area contributed by atoms with Crippen LogP contribution in [0.5, 0.6) is 5.75 Å². The highest BCUT2D eigenvalue weighted by Gasteiger charge is 2.38. The molecule has 0 unspecified atom stereocenters. The third-order valence-electron chi connectivity index (χ3n) is 7.23. The van der Waals surface area contributed by atoms with Gasteiger partial charge in [-0.25, -0.2) is 9.18 Å². The van der Waals surface area contributed by atoms with E-state index in [2.05, 4.69) is 15.6 Å². The number of carboxylic acids is 1. The normalized spacial score (nSPS) is 12.9. The van der Waals surface area contributed by atoms with Crippen LogP contribution >= 0.6 is 0 Å². The molecule has 4 aromatic rings. The Morgan fingerprint density at radius 3 is 2.48 bits per heavy atom. The first-order chi connectivity index (χ1) is 20.7. The van der Waals surface area contributed by atoms with Crippen LogP contribution in [0, 0.1) is 12.7 Å². The molecule has 2 aromatic carbocycles. The molecular formula is C31H30F4N4O5. The monoisotopic (exact) mass is 614 g/mol. The molecule has 4 rings (SSSR count). The molecule has 2 aromatic heterocycles. The van der Waals surface area contributed by atoms with Gasteiger partial charge in [0.1, 0.15) is 23.7 Å². The van der Waals surface area contributed by atoms with Crippen LogP contribution in [0.25, 0.3) is 22.0 Å². The Balaban J connectivity index is 1.65. The fourth-order valence-electron chi connectivity index (χ4n) is 4.99. The molecule has 232 valence electrons. The highest BCUT2D eigenvalue weighted by Crippen LogP contribution is 2.31. The van der Waals surface area contributed by atoms with Gasteiger partial charge in [0.15, 0.2) is 0 Å². The highest BCUT2D eigenvalue weighted by molar-refractivity contribution is 5.99. The number of carboxylic acid groups (broad SMARTS) is 1.